The van der Waals surface area contributed by atoms with Crippen molar-refractivity contribution in [3.63, 3.8) is 0 Å². The van der Waals surface area contributed by atoms with Gasteiger partial charge in [0.2, 0.25) is 0 Å². The van der Waals surface area contributed by atoms with E-state index >= 15 is 0 Å². The first-order valence-electron chi connectivity index (χ1n) is 21.4. The van der Waals surface area contributed by atoms with Gasteiger partial charge in [0.15, 0.2) is 23.0 Å². The molecule has 7 aromatic carbocycles. The maximum absolute atomic E-state index is 12.8. The molecule has 0 aromatic heterocycles. The van der Waals surface area contributed by atoms with Crippen LogP contribution in [0, 0.1) is 11.8 Å². The van der Waals surface area contributed by atoms with Crippen LogP contribution in [0.5, 0.6) is 23.0 Å². The summed E-state index contributed by atoms with van der Waals surface area (Å²) in [6.45, 7) is 0.153. The third-order valence-corrected chi connectivity index (χ3v) is 11.5. The number of hydrogen-bond acceptors (Lipinski definition) is 9. The number of rotatable bonds is 23. The van der Waals surface area contributed by atoms with E-state index in [1.807, 2.05) is 176 Å². The molecule has 0 bridgehead atoms. The average molecular weight is 861 g/mol. The Bertz CT molecular complexity index is 2340. The minimum absolute atomic E-state index is 0.0398. The van der Waals surface area contributed by atoms with Gasteiger partial charge in [-0.1, -0.05) is 164 Å². The minimum atomic E-state index is -1.21. The molecule has 0 aliphatic rings. The van der Waals surface area contributed by atoms with Crippen molar-refractivity contribution < 1.29 is 43.4 Å². The van der Waals surface area contributed by atoms with Crippen molar-refractivity contribution in [2.24, 2.45) is 11.8 Å². The molecular formula is C55H56O9. The molecule has 0 spiro atoms. The summed E-state index contributed by atoms with van der Waals surface area (Å²) in [5.41, 5.74) is 4.79. The van der Waals surface area contributed by atoms with Gasteiger partial charge in [0.1, 0.15) is 25.6 Å². The van der Waals surface area contributed by atoms with E-state index in [1.54, 1.807) is 33.5 Å². The molecule has 0 fully saturated rings. The molecule has 7 aromatic rings. The third-order valence-electron chi connectivity index (χ3n) is 11.5. The van der Waals surface area contributed by atoms with E-state index in [4.69, 9.17) is 33.2 Å². The van der Waals surface area contributed by atoms with Gasteiger partial charge in [-0.05, 0) is 63.2 Å². The van der Waals surface area contributed by atoms with Gasteiger partial charge >= 0.3 is 0 Å². The number of ether oxygens (including phenoxy) is 7. The summed E-state index contributed by atoms with van der Waals surface area (Å²) in [7, 11) is 4.70. The summed E-state index contributed by atoms with van der Waals surface area (Å²) in [6.07, 6.45) is -2.03. The topological polar surface area (TPSA) is 105 Å². The number of benzene rings is 7. The van der Waals surface area contributed by atoms with Crippen LogP contribution in [0.25, 0.3) is 0 Å². The number of aliphatic hydroxyl groups excluding tert-OH is 2. The lowest BCUT2D eigenvalue weighted by atomic mass is 9.78. The van der Waals surface area contributed by atoms with Crippen molar-refractivity contribution in [2.75, 3.05) is 41.3 Å². The van der Waals surface area contributed by atoms with Crippen molar-refractivity contribution in [1.82, 2.24) is 0 Å². The fraction of sp³-hybridized carbons (Fsp3) is 0.236. The zero-order chi connectivity index (χ0) is 44.6. The lowest BCUT2D eigenvalue weighted by molar-refractivity contribution is -0.137. The van der Waals surface area contributed by atoms with E-state index in [0.29, 0.717) is 47.3 Å². The Kier molecular flexibility index (Phi) is 16.2. The lowest BCUT2D eigenvalue weighted by Gasteiger charge is -2.40. The Labute approximate surface area is 376 Å². The molecular weight excluding hydrogens is 805 g/mol. The molecule has 0 aliphatic heterocycles. The smallest absolute Gasteiger partial charge is 0.161 e. The summed E-state index contributed by atoms with van der Waals surface area (Å²) in [6, 6.07) is 60.9. The van der Waals surface area contributed by atoms with Crippen LogP contribution in [0.3, 0.4) is 0 Å². The van der Waals surface area contributed by atoms with E-state index in [9.17, 15) is 10.2 Å². The maximum Gasteiger partial charge on any atom is 0.161 e. The molecule has 0 saturated heterocycles. The molecule has 2 N–H and O–H groups in total. The molecule has 64 heavy (non-hydrogen) atoms. The SMILES string of the molecule is COCO[C@H](c1ccc(OCc2ccccc2)c(OC)c1)[C@@H](CO)[C@@H](COC(c1ccccc1)(c1ccccc1)c1ccccc1)[C@H](O)c1ccc(OCc2ccccc2)c(OC)c1. The van der Waals surface area contributed by atoms with E-state index in [0.717, 1.165) is 27.8 Å². The van der Waals surface area contributed by atoms with E-state index in [2.05, 4.69) is 0 Å². The Balaban J connectivity index is 1.31. The lowest BCUT2D eigenvalue weighted by Crippen LogP contribution is -2.40. The van der Waals surface area contributed by atoms with Gasteiger partial charge in [0, 0.05) is 25.6 Å². The van der Waals surface area contributed by atoms with Crippen molar-refractivity contribution in [3.8, 4) is 23.0 Å². The summed E-state index contributed by atoms with van der Waals surface area (Å²) < 4.78 is 43.5. The molecule has 7 rings (SSSR count). The van der Waals surface area contributed by atoms with Gasteiger partial charge in [-0.15, -0.1) is 0 Å². The highest BCUT2D eigenvalue weighted by molar-refractivity contribution is 5.48. The van der Waals surface area contributed by atoms with Crippen LogP contribution >= 0.6 is 0 Å². The van der Waals surface area contributed by atoms with Gasteiger partial charge in [0.05, 0.1) is 33.0 Å². The molecule has 0 amide bonds. The first kappa shape index (κ1) is 45.6. The second-order valence-corrected chi connectivity index (χ2v) is 15.4. The van der Waals surface area contributed by atoms with E-state index in [1.165, 1.54) is 0 Å². The molecule has 9 heteroatoms. The summed E-state index contributed by atoms with van der Waals surface area (Å²) in [5, 5.41) is 24.5. The fourth-order valence-electron chi connectivity index (χ4n) is 8.19. The minimum Gasteiger partial charge on any atom is -0.493 e. The molecule has 330 valence electrons. The third kappa shape index (κ3) is 10.8. The molecule has 9 nitrogen and oxygen atoms in total. The maximum atomic E-state index is 12.8. The second-order valence-electron chi connectivity index (χ2n) is 15.4. The Hall–Kier alpha value is -6.46. The zero-order valence-electron chi connectivity index (χ0n) is 36.5. The van der Waals surface area contributed by atoms with Crippen molar-refractivity contribution in [1.29, 1.82) is 0 Å². The first-order chi connectivity index (χ1) is 31.5. The zero-order valence-corrected chi connectivity index (χ0v) is 36.5. The van der Waals surface area contributed by atoms with Crippen LogP contribution in [-0.4, -0.2) is 51.5 Å². The van der Waals surface area contributed by atoms with Crippen molar-refractivity contribution in [2.45, 2.75) is 31.0 Å². The second kappa shape index (κ2) is 22.8. The van der Waals surface area contributed by atoms with E-state index in [-0.39, 0.29) is 13.4 Å². The normalized spacial score (nSPS) is 13.3. The molecule has 0 radical (unpaired) electrons. The van der Waals surface area contributed by atoms with E-state index < -0.39 is 36.3 Å². The number of hydrogen-bond donors (Lipinski definition) is 2. The fourth-order valence-corrected chi connectivity index (χ4v) is 8.19. The monoisotopic (exact) mass is 860 g/mol. The molecule has 4 atom stereocenters. The highest BCUT2D eigenvalue weighted by Gasteiger charge is 2.42. The predicted molar refractivity (Wildman–Crippen MR) is 247 cm³/mol. The van der Waals surface area contributed by atoms with Gasteiger partial charge in [0.25, 0.3) is 0 Å². The quantitative estimate of drug-likeness (QED) is 0.0481. The van der Waals surface area contributed by atoms with Crippen molar-refractivity contribution >= 4 is 0 Å². The number of methoxy groups -OCH3 is 3. The van der Waals surface area contributed by atoms with Crippen LogP contribution in [0.1, 0.15) is 51.2 Å². The standard InChI is InChI=1S/C55H56O9/c1-58-39-63-54(43-30-32-50(52(34-43)60-3)62-37-41-21-11-5-12-22-41)47(35-56)48(53(57)42-29-31-49(51(33-42)59-2)61-36-40-19-9-4-10-20-40)38-64-55(44-23-13-6-14-24-44,45-25-15-7-16-26-45)46-27-17-8-18-28-46/h4-34,47-48,53-54,56-57H,35-39H2,1-3H3/t47-,48+,53+,54+/m0/s1. The Morgan fingerprint density at radius 1 is 0.484 bits per heavy atom. The van der Waals surface area contributed by atoms with Gasteiger partial charge in [-0.2, -0.15) is 0 Å². The van der Waals surface area contributed by atoms with Gasteiger partial charge in [-0.3, -0.25) is 0 Å². The Morgan fingerprint density at radius 2 is 0.906 bits per heavy atom. The highest BCUT2D eigenvalue weighted by atomic mass is 16.7. The first-order valence-corrected chi connectivity index (χ1v) is 21.4. The summed E-state index contributed by atoms with van der Waals surface area (Å²) in [5.74, 6) is 0.419. The number of aliphatic hydroxyl groups is 2. The average Bonchev–Trinajstić information content (AvgIpc) is 3.37. The van der Waals surface area contributed by atoms with Crippen molar-refractivity contribution in [3.05, 3.63) is 227 Å². The van der Waals surface area contributed by atoms with Crippen LogP contribution in [0.2, 0.25) is 0 Å². The van der Waals surface area contributed by atoms with Crippen LogP contribution in [0.4, 0.5) is 0 Å². The highest BCUT2D eigenvalue weighted by Crippen LogP contribution is 2.46. The molecule has 0 saturated carbocycles. The van der Waals surface area contributed by atoms with Gasteiger partial charge in [-0.25, -0.2) is 0 Å². The summed E-state index contributed by atoms with van der Waals surface area (Å²) >= 11 is 0. The Morgan fingerprint density at radius 3 is 1.33 bits per heavy atom. The summed E-state index contributed by atoms with van der Waals surface area (Å²) in [4.78, 5) is 0. The molecule has 0 unspecified atom stereocenters. The van der Waals surface area contributed by atoms with Crippen LogP contribution in [-0.2, 0) is 33.0 Å². The molecule has 0 heterocycles. The van der Waals surface area contributed by atoms with Crippen LogP contribution in [0.15, 0.2) is 188 Å². The largest absolute Gasteiger partial charge is 0.493 e. The van der Waals surface area contributed by atoms with Crippen LogP contribution < -0.4 is 18.9 Å². The molecule has 0 aliphatic carbocycles. The van der Waals surface area contributed by atoms with Gasteiger partial charge < -0.3 is 43.4 Å². The predicted octanol–water partition coefficient (Wildman–Crippen LogP) is 10.5.